The fourth-order valence-corrected chi connectivity index (χ4v) is 1.56. The van der Waals surface area contributed by atoms with Gasteiger partial charge < -0.3 is 0 Å². The van der Waals surface area contributed by atoms with E-state index < -0.39 is 9.85 Å². The van der Waals surface area contributed by atoms with Gasteiger partial charge in [-0.2, -0.15) is 0 Å². The normalized spacial score (nSPS) is 11.0. The van der Waals surface area contributed by atoms with E-state index in [4.69, 9.17) is 0 Å². The molecule has 0 radical (unpaired) electrons. The number of benzene rings is 2. The van der Waals surface area contributed by atoms with Gasteiger partial charge in [0, 0.05) is 24.3 Å². The van der Waals surface area contributed by atoms with E-state index in [9.17, 15) is 20.2 Å². The van der Waals surface area contributed by atoms with E-state index in [0.717, 1.165) is 0 Å². The van der Waals surface area contributed by atoms with Crippen molar-refractivity contribution in [3.05, 3.63) is 79.9 Å². The van der Waals surface area contributed by atoms with Gasteiger partial charge in [-0.25, -0.2) is 4.94 Å². The summed E-state index contributed by atoms with van der Waals surface area (Å²) in [6, 6.07) is 11.5. The van der Waals surface area contributed by atoms with E-state index in [-0.39, 0.29) is 11.4 Å². The predicted octanol–water partition coefficient (Wildman–Crippen LogP) is 2.89. The van der Waals surface area contributed by atoms with Crippen LogP contribution in [-0.4, -0.2) is 22.3 Å². The highest BCUT2D eigenvalue weighted by Crippen LogP contribution is 2.11. The van der Waals surface area contributed by atoms with E-state index in [2.05, 4.69) is 15.2 Å². The Labute approximate surface area is 129 Å². The Morgan fingerprint density at radius 1 is 0.739 bits per heavy atom. The second-order valence-corrected chi connectivity index (χ2v) is 4.25. The summed E-state index contributed by atoms with van der Waals surface area (Å²) in [5.41, 5.74) is 1.20. The first-order chi connectivity index (χ1) is 11.1. The molecular formula is C14H10N4O5. The maximum absolute atomic E-state index is 10.5. The zero-order valence-electron chi connectivity index (χ0n) is 11.6. The van der Waals surface area contributed by atoms with Crippen LogP contribution >= 0.6 is 0 Å². The highest BCUT2D eigenvalue weighted by atomic mass is 16.8. The molecule has 2 rings (SSSR count). The van der Waals surface area contributed by atoms with Gasteiger partial charge in [0.1, 0.15) is 0 Å². The first-order valence-corrected chi connectivity index (χ1v) is 6.28. The van der Waals surface area contributed by atoms with Crippen LogP contribution in [0.5, 0.6) is 0 Å². The van der Waals surface area contributed by atoms with Gasteiger partial charge in [0.15, 0.2) is 0 Å². The number of non-ortho nitro benzene ring substituents is 2. The lowest BCUT2D eigenvalue weighted by Gasteiger charge is -1.93. The molecule has 23 heavy (non-hydrogen) atoms. The zero-order valence-corrected chi connectivity index (χ0v) is 11.6. The molecule has 116 valence electrons. The standard InChI is InChI=1S/C14H10N4O5/c19-17(20)13-5-1-11(2-6-13)9-15-23-16-10-12-3-7-14(8-4-12)18(21)22/h1-10H/b15-9+,16-10+. The quantitative estimate of drug-likeness (QED) is 0.461. The Hall–Kier alpha value is -3.62. The van der Waals surface area contributed by atoms with Crippen molar-refractivity contribution in [3.63, 3.8) is 0 Å². The van der Waals surface area contributed by atoms with Gasteiger partial charge >= 0.3 is 0 Å². The van der Waals surface area contributed by atoms with Crippen LogP contribution in [0.4, 0.5) is 11.4 Å². The van der Waals surface area contributed by atoms with Crippen molar-refractivity contribution >= 4 is 23.8 Å². The van der Waals surface area contributed by atoms with Crippen LogP contribution in [0.15, 0.2) is 58.8 Å². The number of nitrogens with zero attached hydrogens (tertiary/aromatic N) is 4. The zero-order chi connectivity index (χ0) is 16.7. The molecule has 0 bridgehead atoms. The van der Waals surface area contributed by atoms with Gasteiger partial charge in [-0.3, -0.25) is 20.2 Å². The molecule has 0 N–H and O–H groups in total. The van der Waals surface area contributed by atoms with E-state index in [0.29, 0.717) is 11.1 Å². The Balaban J connectivity index is 1.88. The first-order valence-electron chi connectivity index (χ1n) is 6.28. The monoisotopic (exact) mass is 314 g/mol. The van der Waals surface area contributed by atoms with Crippen molar-refractivity contribution in [2.75, 3.05) is 0 Å². The van der Waals surface area contributed by atoms with Gasteiger partial charge in [0.25, 0.3) is 11.4 Å². The van der Waals surface area contributed by atoms with Gasteiger partial charge in [-0.1, -0.05) is 10.3 Å². The highest BCUT2D eigenvalue weighted by Gasteiger charge is 2.03. The SMILES string of the molecule is O=[N+]([O-])c1ccc(/C=N/O/N=C/c2ccc([N+](=O)[O-])cc2)cc1. The molecule has 0 aliphatic heterocycles. The maximum atomic E-state index is 10.5. The van der Waals surface area contributed by atoms with Crippen LogP contribution in [0.25, 0.3) is 0 Å². The molecule has 0 heterocycles. The fraction of sp³-hybridized carbons (Fsp3) is 0. The number of oxime groups is 2. The van der Waals surface area contributed by atoms with E-state index in [1.807, 2.05) is 0 Å². The van der Waals surface area contributed by atoms with Crippen molar-refractivity contribution in [2.45, 2.75) is 0 Å². The molecule has 0 amide bonds. The second-order valence-electron chi connectivity index (χ2n) is 4.25. The molecule has 0 saturated carbocycles. The maximum Gasteiger partial charge on any atom is 0.269 e. The van der Waals surface area contributed by atoms with Gasteiger partial charge in [-0.05, 0) is 35.4 Å². The summed E-state index contributed by atoms with van der Waals surface area (Å²) in [6.45, 7) is 0. The molecule has 0 saturated heterocycles. The summed E-state index contributed by atoms with van der Waals surface area (Å²) in [6.07, 6.45) is 2.69. The highest BCUT2D eigenvalue weighted by molar-refractivity contribution is 5.80. The van der Waals surface area contributed by atoms with Crippen LogP contribution < -0.4 is 0 Å². The van der Waals surface area contributed by atoms with Crippen LogP contribution in [-0.2, 0) is 4.94 Å². The third kappa shape index (κ3) is 4.70. The third-order valence-corrected chi connectivity index (χ3v) is 2.71. The Kier molecular flexibility index (Phi) is 5.08. The van der Waals surface area contributed by atoms with E-state index in [1.165, 1.54) is 61.0 Å². The summed E-state index contributed by atoms with van der Waals surface area (Å²) in [4.78, 5) is 24.7. The largest absolute Gasteiger partial charge is 0.269 e. The smallest absolute Gasteiger partial charge is 0.258 e. The summed E-state index contributed by atoms with van der Waals surface area (Å²) >= 11 is 0. The van der Waals surface area contributed by atoms with E-state index >= 15 is 0 Å². The summed E-state index contributed by atoms with van der Waals surface area (Å²) in [5, 5.41) is 28.1. The average Bonchev–Trinajstić information content (AvgIpc) is 2.55. The molecule has 9 heteroatoms. The third-order valence-electron chi connectivity index (χ3n) is 2.71. The minimum Gasteiger partial charge on any atom is -0.258 e. The van der Waals surface area contributed by atoms with Crippen LogP contribution in [0.3, 0.4) is 0 Å². The van der Waals surface area contributed by atoms with Gasteiger partial charge in [0.05, 0.1) is 22.3 Å². The predicted molar refractivity (Wildman–Crippen MR) is 82.5 cm³/mol. The molecule has 2 aromatic rings. The Morgan fingerprint density at radius 3 is 1.39 bits per heavy atom. The molecular weight excluding hydrogens is 304 g/mol. The van der Waals surface area contributed by atoms with Crippen molar-refractivity contribution in [3.8, 4) is 0 Å². The molecule has 0 aromatic heterocycles. The van der Waals surface area contributed by atoms with Gasteiger partial charge in [-0.15, -0.1) is 0 Å². The minimum absolute atomic E-state index is 0.0146. The van der Waals surface area contributed by atoms with Crippen LogP contribution in [0, 0.1) is 20.2 Å². The van der Waals surface area contributed by atoms with Crippen molar-refractivity contribution in [1.82, 2.24) is 0 Å². The first kappa shape index (κ1) is 15.8. The fourth-order valence-electron chi connectivity index (χ4n) is 1.56. The number of hydrogen-bond donors (Lipinski definition) is 0. The number of nitro groups is 2. The lowest BCUT2D eigenvalue weighted by Crippen LogP contribution is -1.89. The lowest BCUT2D eigenvalue weighted by molar-refractivity contribution is -0.385. The van der Waals surface area contributed by atoms with Crippen LogP contribution in [0.2, 0.25) is 0 Å². The molecule has 0 aliphatic carbocycles. The minimum atomic E-state index is -0.494. The Bertz CT molecular complexity index is 688. The number of hydrogen-bond acceptors (Lipinski definition) is 7. The number of nitro benzene ring substituents is 2. The van der Waals surface area contributed by atoms with Crippen LogP contribution in [0.1, 0.15) is 11.1 Å². The second kappa shape index (κ2) is 7.41. The average molecular weight is 314 g/mol. The Morgan fingerprint density at radius 2 is 1.09 bits per heavy atom. The summed E-state index contributed by atoms with van der Waals surface area (Å²) in [7, 11) is 0. The molecule has 2 aromatic carbocycles. The molecule has 0 fully saturated rings. The van der Waals surface area contributed by atoms with E-state index in [1.54, 1.807) is 0 Å². The molecule has 0 atom stereocenters. The number of rotatable bonds is 6. The van der Waals surface area contributed by atoms with Crippen molar-refractivity contribution in [2.24, 2.45) is 10.3 Å². The molecule has 0 spiro atoms. The summed E-state index contributed by atoms with van der Waals surface area (Å²) < 4.78 is 0. The lowest BCUT2D eigenvalue weighted by atomic mass is 10.2. The molecule has 0 unspecified atom stereocenters. The summed E-state index contributed by atoms with van der Waals surface area (Å²) in [5.74, 6) is 0. The van der Waals surface area contributed by atoms with Crippen molar-refractivity contribution in [1.29, 1.82) is 0 Å². The molecule has 9 nitrogen and oxygen atoms in total. The van der Waals surface area contributed by atoms with Gasteiger partial charge in [0.2, 0.25) is 0 Å². The topological polar surface area (TPSA) is 120 Å². The van der Waals surface area contributed by atoms with Crippen molar-refractivity contribution < 1.29 is 14.8 Å². The molecule has 0 aliphatic rings.